The van der Waals surface area contributed by atoms with Crippen molar-refractivity contribution in [1.82, 2.24) is 15.2 Å². The predicted octanol–water partition coefficient (Wildman–Crippen LogP) is -0.161. The standard InChI is InChI=1S/C5H9ClN4O/c1-2(7)3(11)4-8-5(6)10-9-4/h2-3,11H,7H2,1H3,(H,8,9,10)/t2-,3?/m0/s1. The third-order valence-electron chi connectivity index (χ3n) is 1.25. The van der Waals surface area contributed by atoms with Gasteiger partial charge in [0, 0.05) is 6.04 Å². The maximum Gasteiger partial charge on any atom is 0.242 e. The van der Waals surface area contributed by atoms with E-state index in [1.54, 1.807) is 6.92 Å². The molecule has 62 valence electrons. The minimum absolute atomic E-state index is 0.0831. The van der Waals surface area contributed by atoms with E-state index in [-0.39, 0.29) is 11.3 Å². The van der Waals surface area contributed by atoms with Crippen molar-refractivity contribution in [1.29, 1.82) is 0 Å². The smallest absolute Gasteiger partial charge is 0.242 e. The quantitative estimate of drug-likeness (QED) is 0.584. The summed E-state index contributed by atoms with van der Waals surface area (Å²) in [6, 6.07) is -0.390. The van der Waals surface area contributed by atoms with Gasteiger partial charge in [0.2, 0.25) is 5.28 Å². The van der Waals surface area contributed by atoms with Crippen molar-refractivity contribution in [2.24, 2.45) is 5.73 Å². The Bertz CT molecular complexity index is 236. The molecule has 5 nitrogen and oxygen atoms in total. The summed E-state index contributed by atoms with van der Waals surface area (Å²) in [5.41, 5.74) is 5.40. The Hall–Kier alpha value is -0.650. The minimum Gasteiger partial charge on any atom is -0.383 e. The predicted molar refractivity (Wildman–Crippen MR) is 40.0 cm³/mol. The van der Waals surface area contributed by atoms with Crippen LogP contribution < -0.4 is 5.73 Å². The third kappa shape index (κ3) is 1.89. The Morgan fingerprint density at radius 1 is 1.73 bits per heavy atom. The van der Waals surface area contributed by atoms with Gasteiger partial charge in [-0.25, -0.2) is 0 Å². The summed E-state index contributed by atoms with van der Waals surface area (Å²) in [6.45, 7) is 1.67. The molecule has 1 aromatic heterocycles. The van der Waals surface area contributed by atoms with Crippen LogP contribution in [-0.4, -0.2) is 26.3 Å². The molecule has 0 bridgehead atoms. The Morgan fingerprint density at radius 2 is 2.36 bits per heavy atom. The SMILES string of the molecule is C[C@H](N)C(O)c1nc(Cl)n[nH]1. The minimum atomic E-state index is -0.838. The van der Waals surface area contributed by atoms with E-state index in [9.17, 15) is 5.11 Å². The van der Waals surface area contributed by atoms with Gasteiger partial charge in [-0.1, -0.05) is 0 Å². The number of rotatable bonds is 2. The molecule has 0 amide bonds. The van der Waals surface area contributed by atoms with E-state index < -0.39 is 6.10 Å². The molecule has 1 heterocycles. The van der Waals surface area contributed by atoms with E-state index in [4.69, 9.17) is 17.3 Å². The molecule has 0 radical (unpaired) electrons. The Kier molecular flexibility index (Phi) is 2.43. The second-order valence-electron chi connectivity index (χ2n) is 2.29. The molecule has 2 atom stereocenters. The van der Waals surface area contributed by atoms with Crippen LogP contribution in [0.1, 0.15) is 18.9 Å². The van der Waals surface area contributed by atoms with Crippen molar-refractivity contribution < 1.29 is 5.11 Å². The van der Waals surface area contributed by atoms with Crippen LogP contribution in [0.3, 0.4) is 0 Å². The molecular weight excluding hydrogens is 168 g/mol. The lowest BCUT2D eigenvalue weighted by Crippen LogP contribution is -2.25. The second-order valence-corrected chi connectivity index (χ2v) is 2.63. The zero-order valence-electron chi connectivity index (χ0n) is 5.95. The first-order chi connectivity index (χ1) is 5.11. The molecule has 1 unspecified atom stereocenters. The van der Waals surface area contributed by atoms with E-state index in [1.165, 1.54) is 0 Å². The van der Waals surface area contributed by atoms with E-state index >= 15 is 0 Å². The summed E-state index contributed by atoms with van der Waals surface area (Å²) in [4.78, 5) is 3.70. The van der Waals surface area contributed by atoms with E-state index in [0.29, 0.717) is 5.82 Å². The molecule has 0 saturated heterocycles. The van der Waals surface area contributed by atoms with Crippen LogP contribution in [0.5, 0.6) is 0 Å². The van der Waals surface area contributed by atoms with Gasteiger partial charge in [0.25, 0.3) is 0 Å². The van der Waals surface area contributed by atoms with Gasteiger partial charge in [-0.2, -0.15) is 4.98 Å². The van der Waals surface area contributed by atoms with Crippen LogP contribution in [0.25, 0.3) is 0 Å². The number of nitrogens with one attached hydrogen (secondary N) is 1. The fraction of sp³-hybridized carbons (Fsp3) is 0.600. The summed E-state index contributed by atoms with van der Waals surface area (Å²) >= 11 is 5.40. The monoisotopic (exact) mass is 176 g/mol. The highest BCUT2D eigenvalue weighted by atomic mass is 35.5. The molecule has 1 rings (SSSR count). The number of hydrogen-bond donors (Lipinski definition) is 3. The fourth-order valence-electron chi connectivity index (χ4n) is 0.634. The van der Waals surface area contributed by atoms with Gasteiger partial charge in [0.1, 0.15) is 6.10 Å². The van der Waals surface area contributed by atoms with Gasteiger partial charge in [-0.15, -0.1) is 5.10 Å². The lowest BCUT2D eigenvalue weighted by Gasteiger charge is -2.09. The van der Waals surface area contributed by atoms with Gasteiger partial charge in [0.05, 0.1) is 0 Å². The maximum atomic E-state index is 9.29. The molecule has 1 aromatic rings. The van der Waals surface area contributed by atoms with Crippen molar-refractivity contribution in [3.63, 3.8) is 0 Å². The number of aromatic nitrogens is 3. The molecule has 0 aliphatic heterocycles. The van der Waals surface area contributed by atoms with Crippen molar-refractivity contribution in [2.45, 2.75) is 19.1 Å². The first-order valence-electron chi connectivity index (χ1n) is 3.12. The first kappa shape index (κ1) is 8.45. The number of H-pyrrole nitrogens is 1. The number of aliphatic hydroxyl groups excluding tert-OH is 1. The lowest BCUT2D eigenvalue weighted by molar-refractivity contribution is 0.144. The van der Waals surface area contributed by atoms with E-state index in [0.717, 1.165) is 0 Å². The summed E-state index contributed by atoms with van der Waals surface area (Å²) in [5, 5.41) is 15.4. The van der Waals surface area contributed by atoms with E-state index in [1.807, 2.05) is 0 Å². The Morgan fingerprint density at radius 3 is 2.73 bits per heavy atom. The number of hydrogen-bond acceptors (Lipinski definition) is 4. The number of aliphatic hydroxyl groups is 1. The summed E-state index contributed by atoms with van der Waals surface area (Å²) < 4.78 is 0. The molecule has 6 heteroatoms. The first-order valence-corrected chi connectivity index (χ1v) is 3.50. The molecule has 11 heavy (non-hydrogen) atoms. The van der Waals surface area contributed by atoms with Gasteiger partial charge in [0.15, 0.2) is 5.82 Å². The summed E-state index contributed by atoms with van der Waals surface area (Å²) in [5.74, 6) is 0.296. The van der Waals surface area contributed by atoms with Gasteiger partial charge >= 0.3 is 0 Å². The number of nitrogens with two attached hydrogens (primary N) is 1. The molecule has 0 aromatic carbocycles. The molecule has 0 aliphatic carbocycles. The zero-order valence-corrected chi connectivity index (χ0v) is 6.71. The summed E-state index contributed by atoms with van der Waals surface area (Å²) in [6.07, 6.45) is -0.838. The normalized spacial score (nSPS) is 16.4. The number of aromatic amines is 1. The highest BCUT2D eigenvalue weighted by Gasteiger charge is 2.15. The fourth-order valence-corrected chi connectivity index (χ4v) is 0.767. The van der Waals surface area contributed by atoms with Crippen LogP contribution in [0.15, 0.2) is 0 Å². The summed E-state index contributed by atoms with van der Waals surface area (Å²) in [7, 11) is 0. The average Bonchev–Trinajstić information content (AvgIpc) is 2.34. The average molecular weight is 177 g/mol. The molecule has 4 N–H and O–H groups in total. The largest absolute Gasteiger partial charge is 0.383 e. The number of halogens is 1. The molecule has 0 aliphatic rings. The van der Waals surface area contributed by atoms with Gasteiger partial charge < -0.3 is 10.8 Å². The zero-order chi connectivity index (χ0) is 8.43. The lowest BCUT2D eigenvalue weighted by atomic mass is 10.2. The Labute approximate surface area is 68.6 Å². The van der Waals surface area contributed by atoms with Crippen LogP contribution in [0, 0.1) is 0 Å². The highest BCUT2D eigenvalue weighted by molar-refractivity contribution is 6.28. The molecule has 0 spiro atoms. The van der Waals surface area contributed by atoms with Crippen molar-refractivity contribution >= 4 is 11.6 Å². The molecular formula is C5H9ClN4O. The van der Waals surface area contributed by atoms with Crippen molar-refractivity contribution in [3.05, 3.63) is 11.1 Å². The van der Waals surface area contributed by atoms with Gasteiger partial charge in [-0.05, 0) is 18.5 Å². The second kappa shape index (κ2) is 3.17. The molecule has 0 saturated carbocycles. The van der Waals surface area contributed by atoms with Crippen molar-refractivity contribution in [3.8, 4) is 0 Å². The van der Waals surface area contributed by atoms with Gasteiger partial charge in [-0.3, -0.25) is 5.10 Å². The third-order valence-corrected chi connectivity index (χ3v) is 1.42. The molecule has 0 fully saturated rings. The van der Waals surface area contributed by atoms with Crippen LogP contribution in [-0.2, 0) is 0 Å². The topological polar surface area (TPSA) is 87.8 Å². The van der Waals surface area contributed by atoms with Crippen LogP contribution in [0.2, 0.25) is 5.28 Å². The van der Waals surface area contributed by atoms with Crippen LogP contribution in [0.4, 0.5) is 0 Å². The highest BCUT2D eigenvalue weighted by Crippen LogP contribution is 2.11. The van der Waals surface area contributed by atoms with Crippen molar-refractivity contribution in [2.75, 3.05) is 0 Å². The van der Waals surface area contributed by atoms with Crippen LogP contribution >= 0.6 is 11.6 Å². The maximum absolute atomic E-state index is 9.29. The van der Waals surface area contributed by atoms with E-state index in [2.05, 4.69) is 15.2 Å². The number of nitrogens with zero attached hydrogens (tertiary/aromatic N) is 2. The Balaban J connectivity index is 2.76.